The summed E-state index contributed by atoms with van der Waals surface area (Å²) >= 11 is 0. The van der Waals surface area contributed by atoms with E-state index >= 15 is 35.1 Å². The Bertz CT molecular complexity index is 4060. The van der Waals surface area contributed by atoms with Crippen LogP contribution >= 0.6 is 0 Å². The third kappa shape index (κ3) is 16.4. The van der Waals surface area contributed by atoms with Crippen molar-refractivity contribution in [1.82, 2.24) is 29.9 Å². The van der Waals surface area contributed by atoms with Crippen molar-refractivity contribution in [2.45, 2.75) is 192 Å². The Hall–Kier alpha value is -8.96. The van der Waals surface area contributed by atoms with Crippen LogP contribution in [0.4, 0.5) is 281 Å². The van der Waals surface area contributed by atoms with Gasteiger partial charge in [0.1, 0.15) is 0 Å². The number of hydrogen-bond acceptors (Lipinski definition) is 12. The van der Waals surface area contributed by atoms with Gasteiger partial charge in [0.25, 0.3) is 0 Å². The summed E-state index contributed by atoms with van der Waals surface area (Å²) < 4.78 is 929. The standard InChI is InChI=1S/C52H18F64N6O6/c53-15(54)29(69,70)37(85,86)45(101,102)49(109,110)41(93,94)33(77,78)25(61,62)7-123-19-117-20(124-8-26(63,64)34(79,80)42(95,96)50(111,112)46(103,104)38(87,88)30(71,72)16(55)56)120-23(119-19)127-13-5-11-3-1-2-4-12(11)6-14(13)128-24-121-21(125-9-27(65,66)35(81,82)43(97,98)51(113,114)47(105,106)39(89,90)31(73,74)17(57)58)118-22(122-24)126-10-28(67,68)36(83,84)44(99,100)52(115,116)48(107,108)40(91,92)32(75,76)18(59)60/h1-6,15-18H,7-10H2. The molecule has 0 fully saturated rings. The molecular formula is C52H18F64N6O6. The van der Waals surface area contributed by atoms with E-state index in [0.717, 1.165) is 0 Å². The van der Waals surface area contributed by atoms with Gasteiger partial charge in [0, 0.05) is 0 Å². The van der Waals surface area contributed by atoms with E-state index < -0.39 is 276 Å². The van der Waals surface area contributed by atoms with E-state index in [-0.39, 0.29) is 12.1 Å². The van der Waals surface area contributed by atoms with E-state index in [0.29, 0.717) is 24.3 Å². The highest BCUT2D eigenvalue weighted by Gasteiger charge is 2.99. The maximum atomic E-state index is 15.1. The van der Waals surface area contributed by atoms with Crippen molar-refractivity contribution < 1.29 is 309 Å². The Morgan fingerprint density at radius 3 is 0.469 bits per heavy atom. The fourth-order valence-corrected chi connectivity index (χ4v) is 8.20. The lowest BCUT2D eigenvalue weighted by molar-refractivity contribution is -0.447. The van der Waals surface area contributed by atoms with Crippen molar-refractivity contribution in [3.63, 3.8) is 0 Å². The van der Waals surface area contributed by atoms with Crippen molar-refractivity contribution in [2.24, 2.45) is 0 Å². The minimum Gasteiger partial charge on any atom is -0.457 e. The third-order valence-corrected chi connectivity index (χ3v) is 15.8. The van der Waals surface area contributed by atoms with Gasteiger partial charge in [0.2, 0.25) is 0 Å². The van der Waals surface area contributed by atoms with Gasteiger partial charge in [-0.2, -0.15) is 246 Å². The number of alkyl halides is 64. The van der Waals surface area contributed by atoms with Gasteiger partial charge < -0.3 is 28.4 Å². The first-order valence-electron chi connectivity index (χ1n) is 29.6. The average molecular weight is 2040 g/mol. The van der Waals surface area contributed by atoms with Crippen molar-refractivity contribution in [3.8, 4) is 47.6 Å². The predicted octanol–water partition coefficient (Wildman–Crippen LogP) is 23.2. The lowest BCUT2D eigenvalue weighted by Gasteiger charge is -2.42. The SMILES string of the molecule is FC(F)C(F)(F)C(F)(F)C(F)(F)C(F)(F)C(F)(F)C(F)(F)C(F)(F)COc1nc(OCC(F)(F)C(F)(F)C(F)(F)C(F)(F)C(F)(F)C(F)(F)C(F)(F)C(F)F)nc(Oc2cc3ccccc3cc2Oc2nc(OCC(F)(F)C(F)(F)C(F)(F)C(F)(F)C(F)(F)C(F)(F)C(F)(F)C(F)F)nc(OCC(F)(F)C(F)(F)C(F)(F)C(F)(F)C(F)(F)C(F)(F)C(F)(F)C(F)F)n2)n1. The Labute approximate surface area is 652 Å². The third-order valence-electron chi connectivity index (χ3n) is 15.8. The maximum absolute atomic E-state index is 15.1. The molecule has 0 N–H and O–H groups in total. The van der Waals surface area contributed by atoms with Crippen LogP contribution in [-0.2, 0) is 0 Å². The molecule has 0 amide bonds. The van der Waals surface area contributed by atoms with Gasteiger partial charge in [0.15, 0.2) is 37.9 Å². The second-order valence-electron chi connectivity index (χ2n) is 24.4. The molecule has 0 bridgehead atoms. The van der Waals surface area contributed by atoms with Gasteiger partial charge in [-0.05, 0) is 22.9 Å². The molecule has 4 aromatic rings. The molecule has 4 rings (SSSR count). The van der Waals surface area contributed by atoms with Gasteiger partial charge in [-0.1, -0.05) is 24.3 Å². The van der Waals surface area contributed by atoms with Crippen LogP contribution in [-0.4, -0.2) is 248 Å². The van der Waals surface area contributed by atoms with Gasteiger partial charge in [-0.25, -0.2) is 35.1 Å². The second-order valence-corrected chi connectivity index (χ2v) is 24.4. The van der Waals surface area contributed by atoms with Crippen LogP contribution in [0.2, 0.25) is 0 Å². The van der Waals surface area contributed by atoms with Crippen LogP contribution in [0.5, 0.6) is 47.6 Å². The quantitative estimate of drug-likeness (QED) is 0.0390. The zero-order valence-corrected chi connectivity index (χ0v) is 56.9. The second kappa shape index (κ2) is 32.5. The minimum atomic E-state index is -9.40. The average Bonchev–Trinajstić information content (AvgIpc) is 0.710. The molecule has 0 atom stereocenters. The molecule has 0 unspecified atom stereocenters. The fourth-order valence-electron chi connectivity index (χ4n) is 8.20. The lowest BCUT2D eigenvalue weighted by Crippen LogP contribution is -2.74. The molecule has 740 valence electrons. The van der Waals surface area contributed by atoms with Crippen molar-refractivity contribution in [2.75, 3.05) is 26.4 Å². The largest absolute Gasteiger partial charge is 0.457 e. The van der Waals surface area contributed by atoms with E-state index in [1.54, 1.807) is 0 Å². The molecule has 0 aliphatic heterocycles. The van der Waals surface area contributed by atoms with Gasteiger partial charge in [-0.15, -0.1) is 29.9 Å². The molecule has 0 spiro atoms. The summed E-state index contributed by atoms with van der Waals surface area (Å²) in [5.41, 5.74) is 0. The molecule has 2 aromatic carbocycles. The first kappa shape index (κ1) is 111. The number of benzene rings is 2. The van der Waals surface area contributed by atoms with Crippen LogP contribution in [0.15, 0.2) is 36.4 Å². The normalized spacial score (nSPS) is 15.8. The zero-order valence-electron chi connectivity index (χ0n) is 56.9. The topological polar surface area (TPSA) is 133 Å². The van der Waals surface area contributed by atoms with Crippen molar-refractivity contribution in [3.05, 3.63) is 36.4 Å². The minimum absolute atomic E-state index is 0.189. The van der Waals surface area contributed by atoms with Gasteiger partial charge >= 0.3 is 228 Å². The summed E-state index contributed by atoms with van der Waals surface area (Å²) in [4.78, 5) is 13.1. The Morgan fingerprint density at radius 2 is 0.320 bits per heavy atom. The first-order chi connectivity index (χ1) is 56.0. The molecule has 2 heterocycles. The number of fused-ring (bicyclic) bond motifs is 1. The molecule has 0 aliphatic rings. The molecule has 0 saturated carbocycles. The van der Waals surface area contributed by atoms with Gasteiger partial charge in [-0.3, -0.25) is 0 Å². The molecule has 76 heteroatoms. The summed E-state index contributed by atoms with van der Waals surface area (Å²) in [6, 6.07) is -17.3. The van der Waals surface area contributed by atoms with Crippen LogP contribution in [0, 0.1) is 0 Å². The van der Waals surface area contributed by atoms with Crippen LogP contribution in [0.1, 0.15) is 0 Å². The Balaban J connectivity index is 2.14. The van der Waals surface area contributed by atoms with E-state index in [4.69, 9.17) is 0 Å². The van der Waals surface area contributed by atoms with E-state index in [1.807, 2.05) is 9.97 Å². The fraction of sp³-hybridized carbons (Fsp3) is 0.692. The Morgan fingerprint density at radius 1 is 0.188 bits per heavy atom. The highest BCUT2D eigenvalue weighted by Crippen LogP contribution is 2.69. The smallest absolute Gasteiger partial charge is 0.385 e. The number of rotatable bonds is 44. The molecule has 0 radical (unpaired) electrons. The number of nitrogens with zero attached hydrogens (tertiary/aromatic N) is 6. The van der Waals surface area contributed by atoms with Crippen LogP contribution < -0.4 is 28.4 Å². The molecule has 128 heavy (non-hydrogen) atoms. The van der Waals surface area contributed by atoms with Crippen LogP contribution in [0.3, 0.4) is 0 Å². The van der Waals surface area contributed by atoms with Gasteiger partial charge in [0.05, 0.1) is 0 Å². The number of halogens is 64. The summed E-state index contributed by atoms with van der Waals surface area (Å²) in [5.74, 6) is -252. The van der Waals surface area contributed by atoms with Crippen LogP contribution in [0.25, 0.3) is 10.8 Å². The lowest BCUT2D eigenvalue weighted by atomic mass is 9.89. The molecule has 0 aliphatic carbocycles. The monoisotopic (exact) mass is 2040 g/mol. The van der Waals surface area contributed by atoms with Crippen molar-refractivity contribution >= 4 is 10.8 Å². The summed E-state index contributed by atoms with van der Waals surface area (Å²) in [5, 5.41) is -1.90. The number of hydrogen-bond donors (Lipinski definition) is 0. The predicted molar refractivity (Wildman–Crippen MR) is 268 cm³/mol. The summed E-state index contributed by atoms with van der Waals surface area (Å²) in [6.07, 6.45) is -26.0. The van der Waals surface area contributed by atoms with E-state index in [2.05, 4.69) is 48.4 Å². The summed E-state index contributed by atoms with van der Waals surface area (Å²) in [7, 11) is 0. The molecule has 2 aromatic heterocycles. The number of aromatic nitrogens is 6. The van der Waals surface area contributed by atoms with E-state index in [9.17, 15) is 246 Å². The van der Waals surface area contributed by atoms with E-state index in [1.165, 1.54) is 0 Å². The molecule has 0 saturated heterocycles. The maximum Gasteiger partial charge on any atom is 0.385 e. The zero-order chi connectivity index (χ0) is 102. The summed E-state index contributed by atoms with van der Waals surface area (Å²) in [6.45, 7) is -18.2. The highest BCUT2D eigenvalue weighted by molar-refractivity contribution is 5.86. The highest BCUT2D eigenvalue weighted by atomic mass is 19.4. The Kier molecular flexibility index (Phi) is 28.3. The number of ether oxygens (including phenoxy) is 6. The van der Waals surface area contributed by atoms with Crippen molar-refractivity contribution in [1.29, 1.82) is 0 Å². The molecule has 12 nitrogen and oxygen atoms in total. The first-order valence-corrected chi connectivity index (χ1v) is 29.6. The molecular weight excluding hydrogens is 2020 g/mol.